The normalized spacial score (nSPS) is 11.0. The van der Waals surface area contributed by atoms with E-state index >= 15 is 0 Å². The first kappa shape index (κ1) is 18.0. The monoisotopic (exact) mass is 370 g/mol. The lowest BCUT2D eigenvalue weighted by atomic mass is 10.2. The Morgan fingerprint density at radius 2 is 1.58 bits per heavy atom. The molecule has 0 N–H and O–H groups in total. The summed E-state index contributed by atoms with van der Waals surface area (Å²) >= 11 is 0.826. The molecule has 0 bridgehead atoms. The van der Waals surface area contributed by atoms with Crippen molar-refractivity contribution < 1.29 is 31.7 Å². The first-order chi connectivity index (χ1) is 11.3. The predicted octanol–water partition coefficient (Wildman–Crippen LogP) is 2.40. The first-order valence-corrected chi connectivity index (χ1v) is 8.88. The van der Waals surface area contributed by atoms with Gasteiger partial charge in [-0.15, -0.1) is 11.3 Å². The zero-order valence-electron chi connectivity index (χ0n) is 13.1. The van der Waals surface area contributed by atoms with E-state index in [0.717, 1.165) is 31.1 Å². The topological polar surface area (TPSA) is 96.0 Å². The molecule has 1 aromatic carbocycles. The molecule has 0 amide bonds. The number of benzene rings is 1. The van der Waals surface area contributed by atoms with E-state index in [4.69, 9.17) is 4.18 Å². The van der Waals surface area contributed by atoms with Crippen LogP contribution in [0.4, 0.5) is 0 Å². The van der Waals surface area contributed by atoms with Gasteiger partial charge in [0, 0.05) is 5.38 Å². The van der Waals surface area contributed by atoms with Crippen molar-refractivity contribution in [3.8, 4) is 5.75 Å². The molecule has 0 fully saturated rings. The number of carbonyl (C=O) groups excluding carboxylic acids is 2. The van der Waals surface area contributed by atoms with E-state index in [9.17, 15) is 18.0 Å². The van der Waals surface area contributed by atoms with E-state index in [1.807, 2.05) is 6.92 Å². The van der Waals surface area contributed by atoms with E-state index < -0.39 is 22.1 Å². The van der Waals surface area contributed by atoms with E-state index in [0.29, 0.717) is 0 Å². The van der Waals surface area contributed by atoms with Gasteiger partial charge in [0.2, 0.25) is 0 Å². The Kier molecular flexibility index (Phi) is 5.25. The number of ether oxygens (including phenoxy) is 2. The molecule has 2 rings (SSSR count). The van der Waals surface area contributed by atoms with Crippen LogP contribution in [0.5, 0.6) is 5.75 Å². The van der Waals surface area contributed by atoms with E-state index in [1.54, 1.807) is 12.1 Å². The van der Waals surface area contributed by atoms with Crippen molar-refractivity contribution in [1.82, 2.24) is 0 Å². The smallest absolute Gasteiger partial charge is 0.349 e. The molecule has 0 unspecified atom stereocenters. The van der Waals surface area contributed by atoms with Gasteiger partial charge in [0.05, 0.1) is 14.2 Å². The molecule has 0 spiro atoms. The molecule has 1 heterocycles. The van der Waals surface area contributed by atoms with Crippen LogP contribution in [-0.2, 0) is 19.6 Å². The molecule has 0 aliphatic carbocycles. The summed E-state index contributed by atoms with van der Waals surface area (Å²) in [4.78, 5) is 23.4. The molecule has 0 radical (unpaired) electrons. The highest BCUT2D eigenvalue weighted by molar-refractivity contribution is 7.87. The maximum atomic E-state index is 12.3. The number of methoxy groups -OCH3 is 2. The van der Waals surface area contributed by atoms with Gasteiger partial charge in [0.15, 0.2) is 5.75 Å². The molecule has 0 saturated carbocycles. The molecule has 128 valence electrons. The Labute approximate surface area is 142 Å². The SMILES string of the molecule is COC(=O)c1scc(OS(=O)(=O)c2ccc(C)cc2)c1C(=O)OC. The minimum atomic E-state index is -4.17. The number of hydrogen-bond acceptors (Lipinski definition) is 8. The quantitative estimate of drug-likeness (QED) is 0.589. The summed E-state index contributed by atoms with van der Waals surface area (Å²) in [6, 6.07) is 6.00. The van der Waals surface area contributed by atoms with Crippen LogP contribution in [0.2, 0.25) is 0 Å². The van der Waals surface area contributed by atoms with Gasteiger partial charge in [-0.1, -0.05) is 17.7 Å². The van der Waals surface area contributed by atoms with Crippen LogP contribution in [0.25, 0.3) is 0 Å². The van der Waals surface area contributed by atoms with E-state index in [1.165, 1.54) is 17.5 Å². The summed E-state index contributed by atoms with van der Waals surface area (Å²) in [5, 5.41) is 1.24. The second-order valence-electron chi connectivity index (χ2n) is 4.64. The van der Waals surface area contributed by atoms with Crippen LogP contribution in [0.3, 0.4) is 0 Å². The molecule has 0 aliphatic rings. The third-order valence-electron chi connectivity index (χ3n) is 3.03. The summed E-state index contributed by atoms with van der Waals surface area (Å²) in [6.45, 7) is 1.81. The van der Waals surface area contributed by atoms with Crippen LogP contribution in [-0.4, -0.2) is 34.6 Å². The zero-order valence-corrected chi connectivity index (χ0v) is 14.7. The van der Waals surface area contributed by atoms with Gasteiger partial charge in [-0.25, -0.2) is 9.59 Å². The fourth-order valence-electron chi connectivity index (χ4n) is 1.81. The second-order valence-corrected chi connectivity index (χ2v) is 7.06. The van der Waals surface area contributed by atoms with Gasteiger partial charge >= 0.3 is 22.1 Å². The standard InChI is InChI=1S/C15H14O7S2/c1-9-4-6-10(7-5-9)24(18,19)22-11-8-23-13(15(17)21-3)12(11)14(16)20-2/h4-8H,1-3H3. The largest absolute Gasteiger partial charge is 0.465 e. The second kappa shape index (κ2) is 7.02. The fraction of sp³-hybridized carbons (Fsp3) is 0.200. The summed E-state index contributed by atoms with van der Waals surface area (Å²) < 4.78 is 38.9. The molecular weight excluding hydrogens is 356 g/mol. The highest BCUT2D eigenvalue weighted by Gasteiger charge is 2.29. The first-order valence-electron chi connectivity index (χ1n) is 6.59. The summed E-state index contributed by atoms with van der Waals surface area (Å²) in [5.41, 5.74) is 0.595. The van der Waals surface area contributed by atoms with Crippen molar-refractivity contribution in [2.75, 3.05) is 14.2 Å². The van der Waals surface area contributed by atoms with Gasteiger partial charge in [0.25, 0.3) is 0 Å². The van der Waals surface area contributed by atoms with Crippen LogP contribution in [0.15, 0.2) is 34.5 Å². The minimum Gasteiger partial charge on any atom is -0.465 e. The predicted molar refractivity (Wildman–Crippen MR) is 86.0 cm³/mol. The Balaban J connectivity index is 2.45. The Hall–Kier alpha value is -2.39. The lowest BCUT2D eigenvalue weighted by Gasteiger charge is -2.08. The maximum absolute atomic E-state index is 12.3. The molecule has 1 aromatic heterocycles. The number of esters is 2. The van der Waals surface area contributed by atoms with E-state index in [2.05, 4.69) is 9.47 Å². The molecule has 24 heavy (non-hydrogen) atoms. The Morgan fingerprint density at radius 1 is 1.00 bits per heavy atom. The average molecular weight is 370 g/mol. The van der Waals surface area contributed by atoms with Crippen LogP contribution in [0, 0.1) is 6.92 Å². The number of thiophene rings is 1. The Bertz CT molecular complexity index is 864. The maximum Gasteiger partial charge on any atom is 0.349 e. The molecule has 0 atom stereocenters. The molecule has 0 aliphatic heterocycles. The number of carbonyl (C=O) groups is 2. The van der Waals surface area contributed by atoms with Crippen molar-refractivity contribution >= 4 is 33.4 Å². The third-order valence-corrected chi connectivity index (χ3v) is 5.21. The summed E-state index contributed by atoms with van der Waals surface area (Å²) in [5.74, 6) is -1.97. The van der Waals surface area contributed by atoms with Gasteiger partial charge in [-0.05, 0) is 19.1 Å². The number of hydrogen-bond donors (Lipinski definition) is 0. The third kappa shape index (κ3) is 3.57. The summed E-state index contributed by atoms with van der Waals surface area (Å²) in [7, 11) is -1.91. The number of rotatable bonds is 5. The van der Waals surface area contributed by atoms with Gasteiger partial charge in [-0.3, -0.25) is 0 Å². The van der Waals surface area contributed by atoms with Gasteiger partial charge in [0.1, 0.15) is 15.3 Å². The van der Waals surface area contributed by atoms with Crippen molar-refractivity contribution in [3.63, 3.8) is 0 Å². The zero-order chi connectivity index (χ0) is 17.9. The van der Waals surface area contributed by atoms with Crippen molar-refractivity contribution in [1.29, 1.82) is 0 Å². The van der Waals surface area contributed by atoms with Gasteiger partial charge < -0.3 is 13.7 Å². The summed E-state index contributed by atoms with van der Waals surface area (Å²) in [6.07, 6.45) is 0. The lowest BCUT2D eigenvalue weighted by molar-refractivity contribution is 0.0558. The highest BCUT2D eigenvalue weighted by atomic mass is 32.2. The molecular formula is C15H14O7S2. The van der Waals surface area contributed by atoms with Crippen molar-refractivity contribution in [2.24, 2.45) is 0 Å². The van der Waals surface area contributed by atoms with E-state index in [-0.39, 0.29) is 21.1 Å². The van der Waals surface area contributed by atoms with Crippen LogP contribution < -0.4 is 4.18 Å². The van der Waals surface area contributed by atoms with Crippen LogP contribution >= 0.6 is 11.3 Å². The average Bonchev–Trinajstić information content (AvgIpc) is 2.96. The van der Waals surface area contributed by atoms with Crippen LogP contribution in [0.1, 0.15) is 25.6 Å². The molecule has 7 nitrogen and oxygen atoms in total. The molecule has 0 saturated heterocycles. The number of aryl methyl sites for hydroxylation is 1. The van der Waals surface area contributed by atoms with Crippen molar-refractivity contribution in [3.05, 3.63) is 45.6 Å². The van der Waals surface area contributed by atoms with Crippen molar-refractivity contribution in [2.45, 2.75) is 11.8 Å². The molecule has 2 aromatic rings. The minimum absolute atomic E-state index is 0.0743. The Morgan fingerprint density at radius 3 is 2.12 bits per heavy atom. The van der Waals surface area contributed by atoms with Gasteiger partial charge in [-0.2, -0.15) is 8.42 Å². The molecule has 9 heteroatoms. The highest BCUT2D eigenvalue weighted by Crippen LogP contribution is 2.33. The fourth-order valence-corrected chi connectivity index (χ4v) is 3.68. The lowest BCUT2D eigenvalue weighted by Crippen LogP contribution is -2.14.